The highest BCUT2D eigenvalue weighted by molar-refractivity contribution is 7.17. The van der Waals surface area contributed by atoms with E-state index in [9.17, 15) is 4.79 Å². The van der Waals surface area contributed by atoms with Crippen molar-refractivity contribution in [1.82, 2.24) is 15.5 Å². The Kier molecular flexibility index (Phi) is 3.52. The molecule has 1 fully saturated rings. The van der Waals surface area contributed by atoms with Gasteiger partial charge in [0.05, 0.1) is 9.21 Å². The maximum Gasteiger partial charge on any atom is 0.261 e. The molecular weight excluding hydrogens is 286 g/mol. The van der Waals surface area contributed by atoms with E-state index in [1.807, 2.05) is 0 Å². The molecule has 0 saturated heterocycles. The standard InChI is InChI=1S/C12H12ClN3O2S/c13-9-4-3-8(19-9)11(17)14-6-5-10-15-12(18-16-10)7-1-2-7/h3-4,7H,1-2,5-6H2,(H,14,17). The molecule has 0 radical (unpaired) electrons. The van der Waals surface area contributed by atoms with Gasteiger partial charge < -0.3 is 9.84 Å². The largest absolute Gasteiger partial charge is 0.351 e. The third kappa shape index (κ3) is 3.13. The number of aromatic nitrogens is 2. The minimum atomic E-state index is -0.122. The lowest BCUT2D eigenvalue weighted by Crippen LogP contribution is -2.25. The molecule has 2 aromatic rings. The van der Waals surface area contributed by atoms with Crippen LogP contribution in [0.25, 0.3) is 0 Å². The van der Waals surface area contributed by atoms with Crippen molar-refractivity contribution >= 4 is 28.8 Å². The summed E-state index contributed by atoms with van der Waals surface area (Å²) in [5.74, 6) is 1.71. The van der Waals surface area contributed by atoms with Gasteiger partial charge in [0.15, 0.2) is 5.82 Å². The number of rotatable bonds is 5. The van der Waals surface area contributed by atoms with Gasteiger partial charge in [0.25, 0.3) is 5.91 Å². The van der Waals surface area contributed by atoms with Crippen molar-refractivity contribution in [3.63, 3.8) is 0 Å². The molecule has 5 nitrogen and oxygen atoms in total. The fourth-order valence-electron chi connectivity index (χ4n) is 1.68. The van der Waals surface area contributed by atoms with E-state index in [0.717, 1.165) is 18.7 Å². The van der Waals surface area contributed by atoms with Crippen LogP contribution in [0, 0.1) is 0 Å². The maximum absolute atomic E-state index is 11.7. The zero-order valence-corrected chi connectivity index (χ0v) is 11.6. The van der Waals surface area contributed by atoms with Crippen LogP contribution in [0.2, 0.25) is 4.34 Å². The molecule has 1 aliphatic carbocycles. The van der Waals surface area contributed by atoms with Crippen LogP contribution in [0.4, 0.5) is 0 Å². The Hall–Kier alpha value is -1.40. The van der Waals surface area contributed by atoms with Crippen LogP contribution in [0.3, 0.4) is 0 Å². The summed E-state index contributed by atoms with van der Waals surface area (Å²) in [5.41, 5.74) is 0. The summed E-state index contributed by atoms with van der Waals surface area (Å²) in [4.78, 5) is 16.7. The van der Waals surface area contributed by atoms with Gasteiger partial charge in [-0.25, -0.2) is 0 Å². The third-order valence-corrected chi connectivity index (χ3v) is 4.07. The summed E-state index contributed by atoms with van der Waals surface area (Å²) in [6, 6.07) is 3.42. The molecule has 1 saturated carbocycles. The van der Waals surface area contributed by atoms with E-state index >= 15 is 0 Å². The summed E-state index contributed by atoms with van der Waals surface area (Å²) in [5, 5.41) is 6.70. The third-order valence-electron chi connectivity index (χ3n) is 2.84. The van der Waals surface area contributed by atoms with Gasteiger partial charge in [-0.15, -0.1) is 11.3 Å². The molecule has 0 unspecified atom stereocenters. The highest BCUT2D eigenvalue weighted by atomic mass is 35.5. The lowest BCUT2D eigenvalue weighted by molar-refractivity contribution is 0.0958. The number of nitrogens with zero attached hydrogens (tertiary/aromatic N) is 2. The minimum Gasteiger partial charge on any atom is -0.351 e. The van der Waals surface area contributed by atoms with E-state index in [1.165, 1.54) is 11.3 Å². The molecule has 3 rings (SSSR count). The summed E-state index contributed by atoms with van der Waals surface area (Å²) in [6.07, 6.45) is 2.84. The number of thiophene rings is 1. The first-order valence-electron chi connectivity index (χ1n) is 6.08. The van der Waals surface area contributed by atoms with Crippen LogP contribution in [0.1, 0.15) is 40.1 Å². The molecule has 7 heteroatoms. The fraction of sp³-hybridized carbons (Fsp3) is 0.417. The SMILES string of the molecule is O=C(NCCc1noc(C2CC2)n1)c1ccc(Cl)s1. The molecule has 1 aliphatic rings. The van der Waals surface area contributed by atoms with Crippen LogP contribution < -0.4 is 5.32 Å². The number of hydrogen-bond acceptors (Lipinski definition) is 5. The van der Waals surface area contributed by atoms with Crippen molar-refractivity contribution in [2.24, 2.45) is 0 Å². The average Bonchev–Trinajstić information content (AvgIpc) is 2.98. The van der Waals surface area contributed by atoms with E-state index in [0.29, 0.717) is 33.9 Å². The first-order chi connectivity index (χ1) is 9.22. The molecule has 2 aromatic heterocycles. The predicted octanol–water partition coefficient (Wildman–Crippen LogP) is 2.63. The summed E-state index contributed by atoms with van der Waals surface area (Å²) < 4.78 is 5.75. The molecule has 1 amide bonds. The van der Waals surface area contributed by atoms with Crippen LogP contribution in [0.15, 0.2) is 16.7 Å². The molecule has 0 atom stereocenters. The van der Waals surface area contributed by atoms with Crippen LogP contribution in [0.5, 0.6) is 0 Å². The Bertz CT molecular complexity index is 591. The van der Waals surface area contributed by atoms with Crippen LogP contribution >= 0.6 is 22.9 Å². The Morgan fingerprint density at radius 1 is 1.53 bits per heavy atom. The molecule has 2 heterocycles. The first kappa shape index (κ1) is 12.6. The second kappa shape index (κ2) is 5.30. The van der Waals surface area contributed by atoms with E-state index in [-0.39, 0.29) is 5.91 Å². The Labute approximate surface area is 119 Å². The van der Waals surface area contributed by atoms with Crippen molar-refractivity contribution in [1.29, 1.82) is 0 Å². The van der Waals surface area contributed by atoms with Gasteiger partial charge >= 0.3 is 0 Å². The number of nitrogens with one attached hydrogen (secondary N) is 1. The molecule has 0 bridgehead atoms. The lowest BCUT2D eigenvalue weighted by atomic mass is 10.3. The van der Waals surface area contributed by atoms with E-state index in [2.05, 4.69) is 15.5 Å². The van der Waals surface area contributed by atoms with Crippen molar-refractivity contribution in [2.75, 3.05) is 6.54 Å². The molecule has 0 spiro atoms. The zero-order valence-electron chi connectivity index (χ0n) is 10.1. The monoisotopic (exact) mass is 297 g/mol. The molecular formula is C12H12ClN3O2S. The lowest BCUT2D eigenvalue weighted by Gasteiger charge is -2.00. The van der Waals surface area contributed by atoms with E-state index < -0.39 is 0 Å². The Morgan fingerprint density at radius 3 is 3.05 bits per heavy atom. The van der Waals surface area contributed by atoms with Gasteiger partial charge in [-0.3, -0.25) is 4.79 Å². The van der Waals surface area contributed by atoms with Gasteiger partial charge in [0, 0.05) is 18.9 Å². The summed E-state index contributed by atoms with van der Waals surface area (Å²) >= 11 is 7.04. The van der Waals surface area contributed by atoms with Crippen molar-refractivity contribution in [3.8, 4) is 0 Å². The van der Waals surface area contributed by atoms with Gasteiger partial charge in [0.1, 0.15) is 0 Å². The number of carbonyl (C=O) groups is 1. The molecule has 100 valence electrons. The number of halogens is 1. The normalized spacial score (nSPS) is 14.6. The number of carbonyl (C=O) groups excluding carboxylic acids is 1. The van der Waals surface area contributed by atoms with Crippen molar-refractivity contribution in [2.45, 2.75) is 25.2 Å². The second-order valence-electron chi connectivity index (χ2n) is 4.43. The topological polar surface area (TPSA) is 68.0 Å². The van der Waals surface area contributed by atoms with Gasteiger partial charge in [-0.05, 0) is 25.0 Å². The Balaban J connectivity index is 1.48. The predicted molar refractivity (Wildman–Crippen MR) is 71.6 cm³/mol. The fourth-order valence-corrected chi connectivity index (χ4v) is 2.64. The highest BCUT2D eigenvalue weighted by Crippen LogP contribution is 2.38. The summed E-state index contributed by atoms with van der Waals surface area (Å²) in [6.45, 7) is 0.484. The number of amides is 1. The van der Waals surface area contributed by atoms with Crippen molar-refractivity contribution < 1.29 is 9.32 Å². The van der Waals surface area contributed by atoms with Crippen LogP contribution in [-0.2, 0) is 6.42 Å². The second-order valence-corrected chi connectivity index (χ2v) is 6.15. The first-order valence-corrected chi connectivity index (χ1v) is 7.28. The smallest absolute Gasteiger partial charge is 0.261 e. The Morgan fingerprint density at radius 2 is 2.37 bits per heavy atom. The van der Waals surface area contributed by atoms with E-state index in [4.69, 9.17) is 16.1 Å². The van der Waals surface area contributed by atoms with Gasteiger partial charge in [-0.2, -0.15) is 4.98 Å². The highest BCUT2D eigenvalue weighted by Gasteiger charge is 2.29. The zero-order chi connectivity index (χ0) is 13.2. The quantitative estimate of drug-likeness (QED) is 0.921. The van der Waals surface area contributed by atoms with Crippen LogP contribution in [-0.4, -0.2) is 22.6 Å². The molecule has 0 aromatic carbocycles. The molecule has 1 N–H and O–H groups in total. The number of hydrogen-bond donors (Lipinski definition) is 1. The minimum absolute atomic E-state index is 0.122. The average molecular weight is 298 g/mol. The van der Waals surface area contributed by atoms with Gasteiger partial charge in [0.2, 0.25) is 5.89 Å². The van der Waals surface area contributed by atoms with Gasteiger partial charge in [-0.1, -0.05) is 16.8 Å². The summed E-state index contributed by atoms with van der Waals surface area (Å²) in [7, 11) is 0. The maximum atomic E-state index is 11.7. The van der Waals surface area contributed by atoms with Crippen molar-refractivity contribution in [3.05, 3.63) is 33.1 Å². The molecule has 0 aliphatic heterocycles. The van der Waals surface area contributed by atoms with E-state index in [1.54, 1.807) is 12.1 Å². The molecule has 19 heavy (non-hydrogen) atoms.